The van der Waals surface area contributed by atoms with Gasteiger partial charge >= 0.3 is 0 Å². The van der Waals surface area contributed by atoms with E-state index in [1.807, 2.05) is 38.2 Å². The molecule has 1 aromatic carbocycles. The fraction of sp³-hybridized carbons (Fsp3) is 0.455. The highest BCUT2D eigenvalue weighted by Gasteiger charge is 2.02. The zero-order chi connectivity index (χ0) is 10.4. The summed E-state index contributed by atoms with van der Waals surface area (Å²) in [7, 11) is 3.56. The first kappa shape index (κ1) is 10.9. The summed E-state index contributed by atoms with van der Waals surface area (Å²) >= 11 is 0. The second-order valence-corrected chi connectivity index (χ2v) is 3.17. The van der Waals surface area contributed by atoms with E-state index in [-0.39, 0.29) is 6.10 Å². The van der Waals surface area contributed by atoms with Crippen molar-refractivity contribution in [1.29, 1.82) is 0 Å². The van der Waals surface area contributed by atoms with E-state index in [1.54, 1.807) is 7.11 Å². The van der Waals surface area contributed by atoms with Gasteiger partial charge in [0.15, 0.2) is 0 Å². The second kappa shape index (κ2) is 5.50. The van der Waals surface area contributed by atoms with E-state index in [4.69, 9.17) is 9.47 Å². The predicted octanol–water partition coefficient (Wildman–Crippen LogP) is 1.68. The molecule has 1 N–H and O–H groups in total. The number of nitrogens with one attached hydrogen (secondary N) is 1. The lowest BCUT2D eigenvalue weighted by Gasteiger charge is -2.14. The maximum Gasteiger partial charge on any atom is 0.123 e. The SMILES string of the molecule is CNCC(C)Oc1cccc(OC)c1. The predicted molar refractivity (Wildman–Crippen MR) is 57.0 cm³/mol. The summed E-state index contributed by atoms with van der Waals surface area (Å²) in [6, 6.07) is 7.62. The second-order valence-electron chi connectivity index (χ2n) is 3.17. The highest BCUT2D eigenvalue weighted by Crippen LogP contribution is 2.19. The largest absolute Gasteiger partial charge is 0.497 e. The standard InChI is InChI=1S/C11H17NO2/c1-9(8-12-2)14-11-6-4-5-10(7-11)13-3/h4-7,9,12H,8H2,1-3H3. The van der Waals surface area contributed by atoms with E-state index in [2.05, 4.69) is 5.32 Å². The van der Waals surface area contributed by atoms with Crippen LogP contribution in [0.5, 0.6) is 11.5 Å². The van der Waals surface area contributed by atoms with E-state index in [1.165, 1.54) is 0 Å². The third-order valence-corrected chi connectivity index (χ3v) is 1.87. The van der Waals surface area contributed by atoms with Crippen molar-refractivity contribution in [2.45, 2.75) is 13.0 Å². The Balaban J connectivity index is 2.57. The quantitative estimate of drug-likeness (QED) is 0.775. The van der Waals surface area contributed by atoms with Crippen LogP contribution in [0.2, 0.25) is 0 Å². The minimum atomic E-state index is 0.159. The average Bonchev–Trinajstić information content (AvgIpc) is 2.18. The summed E-state index contributed by atoms with van der Waals surface area (Å²) in [6.07, 6.45) is 0.159. The Morgan fingerprint density at radius 2 is 2.07 bits per heavy atom. The van der Waals surface area contributed by atoms with E-state index in [0.717, 1.165) is 18.0 Å². The summed E-state index contributed by atoms with van der Waals surface area (Å²) in [5.41, 5.74) is 0. The summed E-state index contributed by atoms with van der Waals surface area (Å²) < 4.78 is 10.8. The van der Waals surface area contributed by atoms with Crippen LogP contribution in [0, 0.1) is 0 Å². The normalized spacial score (nSPS) is 12.2. The Morgan fingerprint density at radius 3 is 2.71 bits per heavy atom. The molecule has 0 amide bonds. The van der Waals surface area contributed by atoms with Gasteiger partial charge in [-0.1, -0.05) is 6.07 Å². The van der Waals surface area contributed by atoms with Crippen LogP contribution in [0.15, 0.2) is 24.3 Å². The fourth-order valence-corrected chi connectivity index (χ4v) is 1.24. The smallest absolute Gasteiger partial charge is 0.123 e. The van der Waals surface area contributed by atoms with Gasteiger partial charge in [0, 0.05) is 12.6 Å². The molecule has 0 radical (unpaired) electrons. The number of ether oxygens (including phenoxy) is 2. The molecular weight excluding hydrogens is 178 g/mol. The van der Waals surface area contributed by atoms with Crippen molar-refractivity contribution < 1.29 is 9.47 Å². The highest BCUT2D eigenvalue weighted by molar-refractivity contribution is 5.32. The minimum Gasteiger partial charge on any atom is -0.497 e. The van der Waals surface area contributed by atoms with Crippen LogP contribution in [0.4, 0.5) is 0 Å². The lowest BCUT2D eigenvalue weighted by Crippen LogP contribution is -2.25. The number of hydrogen-bond donors (Lipinski definition) is 1. The lowest BCUT2D eigenvalue weighted by molar-refractivity contribution is 0.219. The molecule has 0 bridgehead atoms. The molecule has 0 heterocycles. The molecule has 78 valence electrons. The van der Waals surface area contributed by atoms with Crippen LogP contribution in [-0.2, 0) is 0 Å². The Labute approximate surface area is 85.0 Å². The number of benzene rings is 1. The molecule has 3 heteroatoms. The molecule has 0 aliphatic rings. The van der Waals surface area contributed by atoms with Crippen LogP contribution in [0.3, 0.4) is 0 Å². The number of rotatable bonds is 5. The topological polar surface area (TPSA) is 30.5 Å². The molecule has 1 rings (SSSR count). The molecule has 0 spiro atoms. The van der Waals surface area contributed by atoms with E-state index in [0.29, 0.717) is 0 Å². The number of likely N-dealkylation sites (N-methyl/N-ethyl adjacent to an activating group) is 1. The number of methoxy groups -OCH3 is 1. The summed E-state index contributed by atoms with van der Waals surface area (Å²) in [6.45, 7) is 2.85. The van der Waals surface area contributed by atoms with Gasteiger partial charge in [-0.3, -0.25) is 0 Å². The molecule has 3 nitrogen and oxygen atoms in total. The zero-order valence-electron chi connectivity index (χ0n) is 8.91. The van der Waals surface area contributed by atoms with Crippen molar-refractivity contribution in [1.82, 2.24) is 5.32 Å². The molecular formula is C11H17NO2. The minimum absolute atomic E-state index is 0.159. The first-order valence-corrected chi connectivity index (χ1v) is 4.71. The first-order chi connectivity index (χ1) is 6.76. The van der Waals surface area contributed by atoms with E-state index >= 15 is 0 Å². The van der Waals surface area contributed by atoms with Gasteiger partial charge in [0.05, 0.1) is 7.11 Å². The summed E-state index contributed by atoms with van der Waals surface area (Å²) in [5.74, 6) is 1.66. The van der Waals surface area contributed by atoms with Gasteiger partial charge in [-0.25, -0.2) is 0 Å². The first-order valence-electron chi connectivity index (χ1n) is 4.71. The Hall–Kier alpha value is -1.22. The van der Waals surface area contributed by atoms with Gasteiger partial charge < -0.3 is 14.8 Å². The zero-order valence-corrected chi connectivity index (χ0v) is 8.91. The molecule has 0 aliphatic heterocycles. The molecule has 0 saturated heterocycles. The van der Waals surface area contributed by atoms with Gasteiger partial charge in [0.2, 0.25) is 0 Å². The van der Waals surface area contributed by atoms with Crippen LogP contribution in [-0.4, -0.2) is 26.8 Å². The number of hydrogen-bond acceptors (Lipinski definition) is 3. The molecule has 0 aromatic heterocycles. The third kappa shape index (κ3) is 3.26. The Kier molecular flexibility index (Phi) is 4.26. The third-order valence-electron chi connectivity index (χ3n) is 1.87. The molecule has 14 heavy (non-hydrogen) atoms. The molecule has 1 aromatic rings. The maximum atomic E-state index is 5.65. The van der Waals surface area contributed by atoms with Crippen molar-refractivity contribution in [3.05, 3.63) is 24.3 Å². The maximum absolute atomic E-state index is 5.65. The van der Waals surface area contributed by atoms with Crippen molar-refractivity contribution in [2.24, 2.45) is 0 Å². The fourth-order valence-electron chi connectivity index (χ4n) is 1.24. The summed E-state index contributed by atoms with van der Waals surface area (Å²) in [5, 5.41) is 3.06. The van der Waals surface area contributed by atoms with Crippen molar-refractivity contribution >= 4 is 0 Å². The molecule has 0 saturated carbocycles. The Morgan fingerprint density at radius 1 is 1.36 bits per heavy atom. The van der Waals surface area contributed by atoms with Crippen molar-refractivity contribution in [3.63, 3.8) is 0 Å². The van der Waals surface area contributed by atoms with Gasteiger partial charge in [0.1, 0.15) is 17.6 Å². The van der Waals surface area contributed by atoms with Crippen molar-refractivity contribution in [2.75, 3.05) is 20.7 Å². The van der Waals surface area contributed by atoms with Gasteiger partial charge in [-0.15, -0.1) is 0 Å². The summed E-state index contributed by atoms with van der Waals surface area (Å²) in [4.78, 5) is 0. The van der Waals surface area contributed by atoms with Crippen LogP contribution in [0.25, 0.3) is 0 Å². The van der Waals surface area contributed by atoms with E-state index in [9.17, 15) is 0 Å². The van der Waals surface area contributed by atoms with Gasteiger partial charge in [0.25, 0.3) is 0 Å². The van der Waals surface area contributed by atoms with E-state index < -0.39 is 0 Å². The lowest BCUT2D eigenvalue weighted by atomic mass is 10.3. The molecule has 1 unspecified atom stereocenters. The van der Waals surface area contributed by atoms with Crippen molar-refractivity contribution in [3.8, 4) is 11.5 Å². The molecule has 1 atom stereocenters. The average molecular weight is 195 g/mol. The van der Waals surface area contributed by atoms with Gasteiger partial charge in [-0.05, 0) is 26.1 Å². The monoisotopic (exact) mass is 195 g/mol. The molecule has 0 aliphatic carbocycles. The highest BCUT2D eigenvalue weighted by atomic mass is 16.5. The molecule has 0 fully saturated rings. The van der Waals surface area contributed by atoms with Crippen LogP contribution in [0.1, 0.15) is 6.92 Å². The van der Waals surface area contributed by atoms with Crippen LogP contribution >= 0.6 is 0 Å². The Bertz CT molecular complexity index is 276. The van der Waals surface area contributed by atoms with Crippen LogP contribution < -0.4 is 14.8 Å². The van der Waals surface area contributed by atoms with Gasteiger partial charge in [-0.2, -0.15) is 0 Å².